The summed E-state index contributed by atoms with van der Waals surface area (Å²) in [7, 11) is 0. The van der Waals surface area contributed by atoms with E-state index < -0.39 is 0 Å². The highest BCUT2D eigenvalue weighted by molar-refractivity contribution is 5.73. The minimum atomic E-state index is 0.631. The molecule has 19 heavy (non-hydrogen) atoms. The van der Waals surface area contributed by atoms with Gasteiger partial charge in [0, 0.05) is 19.5 Å². The monoisotopic (exact) mass is 259 g/mol. The van der Waals surface area contributed by atoms with Crippen LogP contribution in [0.15, 0.2) is 22.6 Å². The molecule has 1 fully saturated rings. The Kier molecular flexibility index (Phi) is 3.80. The zero-order valence-corrected chi connectivity index (χ0v) is 11.4. The smallest absolute Gasteiger partial charge is 0.192 e. The lowest BCUT2D eigenvalue weighted by Crippen LogP contribution is -2.43. The zero-order valence-electron chi connectivity index (χ0n) is 11.4. The van der Waals surface area contributed by atoms with Crippen LogP contribution in [0.2, 0.25) is 0 Å². The van der Waals surface area contributed by atoms with E-state index in [0.717, 1.165) is 36.5 Å². The Balaban J connectivity index is 1.55. The largest absolute Gasteiger partial charge is 0.441 e. The molecule has 0 saturated carbocycles. The fourth-order valence-electron chi connectivity index (χ4n) is 2.69. The molecule has 1 aliphatic heterocycles. The standard InChI is InChI=1S/C15H21N3O/c1-11-18-14-9-12(4-5-15(14)19-11)6-8-17-13-3-2-7-16-10-13/h4-5,9,13,16-17H,2-3,6-8,10H2,1H3. The Bertz CT molecular complexity index is 543. The zero-order chi connectivity index (χ0) is 13.1. The van der Waals surface area contributed by atoms with Crippen LogP contribution in [-0.2, 0) is 6.42 Å². The molecule has 1 unspecified atom stereocenters. The molecule has 1 aromatic heterocycles. The van der Waals surface area contributed by atoms with Crippen molar-refractivity contribution < 1.29 is 4.42 Å². The minimum Gasteiger partial charge on any atom is -0.441 e. The molecule has 4 nitrogen and oxygen atoms in total. The maximum Gasteiger partial charge on any atom is 0.192 e. The summed E-state index contributed by atoms with van der Waals surface area (Å²) in [5.41, 5.74) is 3.16. The molecule has 4 heteroatoms. The van der Waals surface area contributed by atoms with Crippen LogP contribution in [-0.4, -0.2) is 30.7 Å². The van der Waals surface area contributed by atoms with Gasteiger partial charge in [0.25, 0.3) is 0 Å². The Morgan fingerprint density at radius 2 is 2.42 bits per heavy atom. The quantitative estimate of drug-likeness (QED) is 0.882. The van der Waals surface area contributed by atoms with Crippen LogP contribution < -0.4 is 10.6 Å². The molecule has 2 aromatic rings. The third-order valence-electron chi connectivity index (χ3n) is 3.70. The van der Waals surface area contributed by atoms with Gasteiger partial charge < -0.3 is 15.1 Å². The van der Waals surface area contributed by atoms with E-state index >= 15 is 0 Å². The molecule has 102 valence electrons. The first-order chi connectivity index (χ1) is 9.31. The number of nitrogens with zero attached hydrogens (tertiary/aromatic N) is 1. The number of fused-ring (bicyclic) bond motifs is 1. The van der Waals surface area contributed by atoms with Crippen molar-refractivity contribution in [3.8, 4) is 0 Å². The highest BCUT2D eigenvalue weighted by Gasteiger charge is 2.11. The fraction of sp³-hybridized carbons (Fsp3) is 0.533. The van der Waals surface area contributed by atoms with Crippen LogP contribution >= 0.6 is 0 Å². The summed E-state index contributed by atoms with van der Waals surface area (Å²) in [6.07, 6.45) is 3.61. The van der Waals surface area contributed by atoms with Crippen molar-refractivity contribution in [3.63, 3.8) is 0 Å². The number of rotatable bonds is 4. The average Bonchev–Trinajstić information content (AvgIpc) is 2.79. The molecule has 0 radical (unpaired) electrons. The summed E-state index contributed by atoms with van der Waals surface area (Å²) in [4.78, 5) is 4.37. The fourth-order valence-corrected chi connectivity index (χ4v) is 2.69. The second-order valence-electron chi connectivity index (χ2n) is 5.28. The number of nitrogens with one attached hydrogen (secondary N) is 2. The summed E-state index contributed by atoms with van der Waals surface area (Å²) in [6, 6.07) is 6.92. The number of aromatic nitrogens is 1. The minimum absolute atomic E-state index is 0.631. The predicted octanol–water partition coefficient (Wildman–Crippen LogP) is 2.02. The SMILES string of the molecule is Cc1nc2cc(CCNC3CCCNC3)ccc2o1. The van der Waals surface area contributed by atoms with Crippen molar-refractivity contribution in [3.05, 3.63) is 29.7 Å². The normalized spacial score (nSPS) is 19.9. The van der Waals surface area contributed by atoms with Crippen molar-refractivity contribution in [1.82, 2.24) is 15.6 Å². The molecule has 2 N–H and O–H groups in total. The van der Waals surface area contributed by atoms with E-state index in [4.69, 9.17) is 4.42 Å². The molecule has 3 rings (SSSR count). The Morgan fingerprint density at radius 3 is 3.26 bits per heavy atom. The van der Waals surface area contributed by atoms with E-state index in [9.17, 15) is 0 Å². The molecule has 1 aromatic carbocycles. The maximum atomic E-state index is 5.49. The summed E-state index contributed by atoms with van der Waals surface area (Å²) in [5, 5.41) is 7.04. The Labute approximate surface area is 113 Å². The van der Waals surface area contributed by atoms with Gasteiger partial charge in [0.15, 0.2) is 11.5 Å². The van der Waals surface area contributed by atoms with E-state index in [1.807, 2.05) is 13.0 Å². The first-order valence-corrected chi connectivity index (χ1v) is 7.11. The second-order valence-corrected chi connectivity index (χ2v) is 5.28. The highest BCUT2D eigenvalue weighted by Crippen LogP contribution is 2.16. The van der Waals surface area contributed by atoms with Crippen LogP contribution in [0.5, 0.6) is 0 Å². The van der Waals surface area contributed by atoms with Gasteiger partial charge >= 0.3 is 0 Å². The lowest BCUT2D eigenvalue weighted by molar-refractivity contribution is 0.392. The highest BCUT2D eigenvalue weighted by atomic mass is 16.3. The molecule has 1 aliphatic rings. The van der Waals surface area contributed by atoms with Crippen LogP contribution in [0, 0.1) is 6.92 Å². The van der Waals surface area contributed by atoms with Crippen LogP contribution in [0.1, 0.15) is 24.3 Å². The van der Waals surface area contributed by atoms with Crippen molar-refractivity contribution >= 4 is 11.1 Å². The van der Waals surface area contributed by atoms with Gasteiger partial charge in [-0.15, -0.1) is 0 Å². The molecular formula is C15H21N3O. The average molecular weight is 259 g/mol. The number of hydrogen-bond donors (Lipinski definition) is 2. The third kappa shape index (κ3) is 3.14. The molecule has 1 atom stereocenters. The molecule has 0 bridgehead atoms. The summed E-state index contributed by atoms with van der Waals surface area (Å²) < 4.78 is 5.49. The summed E-state index contributed by atoms with van der Waals surface area (Å²) >= 11 is 0. The van der Waals surface area contributed by atoms with E-state index in [1.165, 1.54) is 24.9 Å². The maximum absolute atomic E-state index is 5.49. The molecule has 0 amide bonds. The van der Waals surface area contributed by atoms with E-state index in [-0.39, 0.29) is 0 Å². The van der Waals surface area contributed by atoms with E-state index in [2.05, 4.69) is 27.8 Å². The third-order valence-corrected chi connectivity index (χ3v) is 3.70. The van der Waals surface area contributed by atoms with Gasteiger partial charge in [-0.25, -0.2) is 4.98 Å². The van der Waals surface area contributed by atoms with Crippen molar-refractivity contribution in [2.45, 2.75) is 32.2 Å². The number of benzene rings is 1. The first kappa shape index (κ1) is 12.6. The predicted molar refractivity (Wildman–Crippen MR) is 76.3 cm³/mol. The number of aryl methyl sites for hydroxylation is 1. The summed E-state index contributed by atoms with van der Waals surface area (Å²) in [5.74, 6) is 0.735. The van der Waals surface area contributed by atoms with E-state index in [0.29, 0.717) is 6.04 Å². The van der Waals surface area contributed by atoms with Crippen LogP contribution in [0.3, 0.4) is 0 Å². The molecule has 2 heterocycles. The van der Waals surface area contributed by atoms with Gasteiger partial charge in [0.1, 0.15) is 5.52 Å². The summed E-state index contributed by atoms with van der Waals surface area (Å²) in [6.45, 7) is 5.17. The molecule has 0 aliphatic carbocycles. The number of oxazole rings is 1. The van der Waals surface area contributed by atoms with Gasteiger partial charge in [-0.3, -0.25) is 0 Å². The van der Waals surface area contributed by atoms with Gasteiger partial charge in [-0.2, -0.15) is 0 Å². The number of hydrogen-bond acceptors (Lipinski definition) is 4. The van der Waals surface area contributed by atoms with Crippen LogP contribution in [0.4, 0.5) is 0 Å². The van der Waals surface area contributed by atoms with Gasteiger partial charge in [0.05, 0.1) is 0 Å². The van der Waals surface area contributed by atoms with Crippen LogP contribution in [0.25, 0.3) is 11.1 Å². The lowest BCUT2D eigenvalue weighted by Gasteiger charge is -2.23. The molecule has 0 spiro atoms. The molecular weight excluding hydrogens is 238 g/mol. The van der Waals surface area contributed by atoms with Crippen molar-refractivity contribution in [2.24, 2.45) is 0 Å². The van der Waals surface area contributed by atoms with Gasteiger partial charge in [-0.05, 0) is 50.0 Å². The second kappa shape index (κ2) is 5.72. The Morgan fingerprint density at radius 1 is 1.47 bits per heavy atom. The molecule has 1 saturated heterocycles. The van der Waals surface area contributed by atoms with Crippen molar-refractivity contribution in [1.29, 1.82) is 0 Å². The van der Waals surface area contributed by atoms with Gasteiger partial charge in [-0.1, -0.05) is 6.07 Å². The van der Waals surface area contributed by atoms with Crippen molar-refractivity contribution in [2.75, 3.05) is 19.6 Å². The van der Waals surface area contributed by atoms with E-state index in [1.54, 1.807) is 0 Å². The Hall–Kier alpha value is -1.39. The topological polar surface area (TPSA) is 50.1 Å². The lowest BCUT2D eigenvalue weighted by atomic mass is 10.1. The van der Waals surface area contributed by atoms with Gasteiger partial charge in [0.2, 0.25) is 0 Å². The first-order valence-electron chi connectivity index (χ1n) is 7.11. The number of piperidine rings is 1.